The van der Waals surface area contributed by atoms with Crippen molar-refractivity contribution in [2.45, 2.75) is 39.5 Å². The van der Waals surface area contributed by atoms with E-state index in [1.165, 1.54) is 0 Å². The molecule has 0 spiro atoms. The highest BCUT2D eigenvalue weighted by Gasteiger charge is 2.09. The topological polar surface area (TPSA) is 40.5 Å². The van der Waals surface area contributed by atoms with Gasteiger partial charge in [-0.15, -0.1) is 0 Å². The van der Waals surface area contributed by atoms with E-state index in [1.807, 2.05) is 19.1 Å². The fourth-order valence-electron chi connectivity index (χ4n) is 1.52. The van der Waals surface area contributed by atoms with E-state index in [0.717, 1.165) is 36.8 Å². The molecule has 0 bridgehead atoms. The van der Waals surface area contributed by atoms with E-state index < -0.39 is 0 Å². The summed E-state index contributed by atoms with van der Waals surface area (Å²) in [7, 11) is 0. The molecule has 0 unspecified atom stereocenters. The molecule has 0 atom stereocenters. The number of hydrogen-bond acceptors (Lipinski definition) is 2. The van der Waals surface area contributed by atoms with Crippen molar-refractivity contribution >= 4 is 0 Å². The number of phenols is 2. The average molecular weight is 194 g/mol. The fourth-order valence-corrected chi connectivity index (χ4v) is 1.52. The van der Waals surface area contributed by atoms with Crippen LogP contribution in [0.25, 0.3) is 0 Å². The first-order chi connectivity index (χ1) is 6.70. The van der Waals surface area contributed by atoms with Gasteiger partial charge in [-0.25, -0.2) is 0 Å². The van der Waals surface area contributed by atoms with Crippen molar-refractivity contribution in [1.29, 1.82) is 0 Å². The first-order valence-electron chi connectivity index (χ1n) is 5.23. The Morgan fingerprint density at radius 2 is 1.57 bits per heavy atom. The average Bonchev–Trinajstić information content (AvgIpc) is 2.20. The third-order valence-corrected chi connectivity index (χ3v) is 2.50. The maximum Gasteiger partial charge on any atom is 0.160 e. The molecule has 78 valence electrons. The number of benzene rings is 1. The smallest absolute Gasteiger partial charge is 0.160 e. The molecule has 0 fully saturated rings. The summed E-state index contributed by atoms with van der Waals surface area (Å²) in [6.45, 7) is 4.07. The van der Waals surface area contributed by atoms with E-state index in [1.54, 1.807) is 0 Å². The van der Waals surface area contributed by atoms with E-state index in [4.69, 9.17) is 0 Å². The second-order valence-electron chi connectivity index (χ2n) is 3.54. The Labute approximate surface area is 85.2 Å². The molecule has 1 rings (SSSR count). The van der Waals surface area contributed by atoms with Crippen molar-refractivity contribution in [3.05, 3.63) is 23.3 Å². The third kappa shape index (κ3) is 2.19. The molecule has 0 saturated carbocycles. The van der Waals surface area contributed by atoms with Crippen LogP contribution in [-0.2, 0) is 12.8 Å². The van der Waals surface area contributed by atoms with E-state index in [2.05, 4.69) is 6.92 Å². The van der Waals surface area contributed by atoms with Gasteiger partial charge in [-0.1, -0.05) is 32.4 Å². The summed E-state index contributed by atoms with van der Waals surface area (Å²) in [5.41, 5.74) is 1.66. The molecule has 0 saturated heterocycles. The fraction of sp³-hybridized carbons (Fsp3) is 0.500. The van der Waals surface area contributed by atoms with Gasteiger partial charge in [-0.3, -0.25) is 0 Å². The first-order valence-corrected chi connectivity index (χ1v) is 5.23. The molecule has 2 heteroatoms. The zero-order chi connectivity index (χ0) is 10.6. The molecule has 0 heterocycles. The maximum atomic E-state index is 9.69. The molecule has 14 heavy (non-hydrogen) atoms. The van der Waals surface area contributed by atoms with Gasteiger partial charge in [0.2, 0.25) is 0 Å². The zero-order valence-electron chi connectivity index (χ0n) is 8.88. The molecule has 1 aromatic rings. The van der Waals surface area contributed by atoms with Crippen LogP contribution in [0.3, 0.4) is 0 Å². The molecule has 0 aliphatic carbocycles. The van der Waals surface area contributed by atoms with Crippen molar-refractivity contribution in [3.8, 4) is 11.5 Å². The Balaban J connectivity index is 2.92. The van der Waals surface area contributed by atoms with Crippen LogP contribution >= 0.6 is 0 Å². The monoisotopic (exact) mass is 194 g/mol. The minimum Gasteiger partial charge on any atom is -0.504 e. The van der Waals surface area contributed by atoms with Gasteiger partial charge >= 0.3 is 0 Å². The molecule has 1 aromatic carbocycles. The minimum atomic E-state index is 0.0566. The van der Waals surface area contributed by atoms with Gasteiger partial charge in [0.05, 0.1) is 0 Å². The second-order valence-corrected chi connectivity index (χ2v) is 3.54. The van der Waals surface area contributed by atoms with E-state index in [0.29, 0.717) is 0 Å². The minimum absolute atomic E-state index is 0.0566. The Hall–Kier alpha value is -1.18. The van der Waals surface area contributed by atoms with Gasteiger partial charge in [-0.2, -0.15) is 0 Å². The lowest BCUT2D eigenvalue weighted by atomic mass is 10.0. The summed E-state index contributed by atoms with van der Waals surface area (Å²) in [6, 6.07) is 3.80. The summed E-state index contributed by atoms with van der Waals surface area (Å²) in [4.78, 5) is 0. The number of phenolic OH excluding ortho intramolecular Hbond substituents is 2. The van der Waals surface area contributed by atoms with Crippen LogP contribution in [0.5, 0.6) is 11.5 Å². The highest BCUT2D eigenvalue weighted by molar-refractivity contribution is 5.50. The summed E-state index contributed by atoms with van der Waals surface area (Å²) >= 11 is 0. The third-order valence-electron chi connectivity index (χ3n) is 2.50. The summed E-state index contributed by atoms with van der Waals surface area (Å²) in [5.74, 6) is 0.124. The van der Waals surface area contributed by atoms with Crippen LogP contribution in [-0.4, -0.2) is 10.2 Å². The lowest BCUT2D eigenvalue weighted by Gasteiger charge is -2.08. The van der Waals surface area contributed by atoms with Crippen LogP contribution in [0.15, 0.2) is 12.1 Å². The Bertz CT molecular complexity index is 305. The van der Waals surface area contributed by atoms with Crippen LogP contribution < -0.4 is 0 Å². The number of rotatable bonds is 4. The van der Waals surface area contributed by atoms with Crippen LogP contribution in [0.4, 0.5) is 0 Å². The van der Waals surface area contributed by atoms with Crippen LogP contribution in [0, 0.1) is 0 Å². The van der Waals surface area contributed by atoms with Crippen LogP contribution in [0.2, 0.25) is 0 Å². The molecular formula is C12H18O2. The molecule has 0 amide bonds. The highest BCUT2D eigenvalue weighted by atomic mass is 16.3. The zero-order valence-corrected chi connectivity index (χ0v) is 8.88. The van der Waals surface area contributed by atoms with Crippen molar-refractivity contribution in [2.75, 3.05) is 0 Å². The van der Waals surface area contributed by atoms with Crippen molar-refractivity contribution in [3.63, 3.8) is 0 Å². The van der Waals surface area contributed by atoms with Crippen molar-refractivity contribution in [1.82, 2.24) is 0 Å². The molecule has 0 aromatic heterocycles. The number of unbranched alkanes of at least 4 members (excludes halogenated alkanes) is 1. The largest absolute Gasteiger partial charge is 0.504 e. The van der Waals surface area contributed by atoms with Gasteiger partial charge in [0, 0.05) is 0 Å². The highest BCUT2D eigenvalue weighted by Crippen LogP contribution is 2.33. The Morgan fingerprint density at radius 1 is 1.00 bits per heavy atom. The van der Waals surface area contributed by atoms with E-state index >= 15 is 0 Å². The number of aromatic hydroxyl groups is 2. The molecule has 0 aliphatic rings. The predicted molar refractivity (Wildman–Crippen MR) is 57.8 cm³/mol. The Kier molecular flexibility index (Phi) is 3.81. The van der Waals surface area contributed by atoms with Gasteiger partial charge in [-0.05, 0) is 30.4 Å². The van der Waals surface area contributed by atoms with Crippen LogP contribution in [0.1, 0.15) is 37.8 Å². The quantitative estimate of drug-likeness (QED) is 0.723. The SMILES string of the molecule is CCCCc1ccc(CC)c(O)c1O. The van der Waals surface area contributed by atoms with E-state index in [-0.39, 0.29) is 11.5 Å². The second kappa shape index (κ2) is 4.89. The number of hydrogen-bond donors (Lipinski definition) is 2. The van der Waals surface area contributed by atoms with E-state index in [9.17, 15) is 10.2 Å². The molecular weight excluding hydrogens is 176 g/mol. The predicted octanol–water partition coefficient (Wildman–Crippen LogP) is 3.00. The van der Waals surface area contributed by atoms with Gasteiger partial charge in [0.1, 0.15) is 0 Å². The van der Waals surface area contributed by atoms with Gasteiger partial charge in [0.25, 0.3) is 0 Å². The molecule has 0 radical (unpaired) electrons. The van der Waals surface area contributed by atoms with Gasteiger partial charge in [0.15, 0.2) is 11.5 Å². The molecule has 2 N–H and O–H groups in total. The molecule has 0 aliphatic heterocycles. The summed E-state index contributed by atoms with van der Waals surface area (Å²) in [6.07, 6.45) is 3.71. The summed E-state index contributed by atoms with van der Waals surface area (Å²) in [5, 5.41) is 19.3. The molecule has 2 nitrogen and oxygen atoms in total. The lowest BCUT2D eigenvalue weighted by molar-refractivity contribution is 0.395. The standard InChI is InChI=1S/C12H18O2/c1-3-5-6-10-8-7-9(4-2)11(13)12(10)14/h7-8,13-14H,3-6H2,1-2H3. The number of aryl methyl sites for hydroxylation is 2. The summed E-state index contributed by atoms with van der Waals surface area (Å²) < 4.78 is 0. The lowest BCUT2D eigenvalue weighted by Crippen LogP contribution is -1.89. The van der Waals surface area contributed by atoms with Crippen molar-refractivity contribution in [2.24, 2.45) is 0 Å². The first kappa shape index (κ1) is 10.9. The van der Waals surface area contributed by atoms with Gasteiger partial charge < -0.3 is 10.2 Å². The maximum absolute atomic E-state index is 9.69. The van der Waals surface area contributed by atoms with Crippen molar-refractivity contribution < 1.29 is 10.2 Å². The normalized spacial score (nSPS) is 10.4. The Morgan fingerprint density at radius 3 is 2.14 bits per heavy atom.